The molecule has 0 amide bonds. The maximum atomic E-state index is 11.6. The molecule has 0 saturated heterocycles. The zero-order valence-electron chi connectivity index (χ0n) is 10.4. The highest BCUT2D eigenvalue weighted by molar-refractivity contribution is 4.69. The fraction of sp³-hybridized carbons (Fsp3) is 1.00. The summed E-state index contributed by atoms with van der Waals surface area (Å²) in [7, 11) is 0. The second-order valence-corrected chi connectivity index (χ2v) is 4.65. The minimum absolute atomic E-state index is 0.232. The summed E-state index contributed by atoms with van der Waals surface area (Å²) in [4.78, 5) is 0. The van der Waals surface area contributed by atoms with Crippen LogP contribution in [0.15, 0.2) is 0 Å². The highest BCUT2D eigenvalue weighted by atomic mass is 19.4. The molecule has 0 aromatic carbocycles. The SMILES string of the molecule is CC(C)C(CNCCOC(F)(F)F)C(C)C. The molecule has 0 radical (unpaired) electrons. The van der Waals surface area contributed by atoms with Gasteiger partial charge in [0.05, 0.1) is 6.61 Å². The van der Waals surface area contributed by atoms with Crippen molar-refractivity contribution in [1.82, 2.24) is 5.32 Å². The number of nitrogens with one attached hydrogen (secondary N) is 1. The second kappa shape index (κ2) is 7.12. The average molecular weight is 241 g/mol. The number of alkyl halides is 3. The van der Waals surface area contributed by atoms with Gasteiger partial charge in [0.15, 0.2) is 0 Å². The molecule has 0 bridgehead atoms. The van der Waals surface area contributed by atoms with Gasteiger partial charge >= 0.3 is 6.36 Å². The van der Waals surface area contributed by atoms with Crippen LogP contribution in [-0.2, 0) is 4.74 Å². The van der Waals surface area contributed by atoms with E-state index >= 15 is 0 Å². The quantitative estimate of drug-likeness (QED) is 0.692. The summed E-state index contributed by atoms with van der Waals surface area (Å²) < 4.78 is 38.6. The Hall–Kier alpha value is -0.290. The van der Waals surface area contributed by atoms with Crippen molar-refractivity contribution in [1.29, 1.82) is 0 Å². The van der Waals surface area contributed by atoms with Crippen molar-refractivity contribution >= 4 is 0 Å². The Labute approximate surface area is 95.5 Å². The molecule has 1 N–H and O–H groups in total. The molecule has 0 spiro atoms. The van der Waals surface area contributed by atoms with E-state index in [2.05, 4.69) is 37.7 Å². The van der Waals surface area contributed by atoms with E-state index in [9.17, 15) is 13.2 Å². The highest BCUT2D eigenvalue weighted by Gasteiger charge is 2.28. The lowest BCUT2D eigenvalue weighted by atomic mass is 9.85. The van der Waals surface area contributed by atoms with Gasteiger partial charge < -0.3 is 5.32 Å². The summed E-state index contributed by atoms with van der Waals surface area (Å²) in [5.41, 5.74) is 0. The third-order valence-corrected chi connectivity index (χ3v) is 2.64. The molecular formula is C11H22F3NO. The predicted molar refractivity (Wildman–Crippen MR) is 58.0 cm³/mol. The molecule has 98 valence electrons. The van der Waals surface area contributed by atoms with E-state index in [1.165, 1.54) is 0 Å². The molecule has 0 atom stereocenters. The molecule has 2 nitrogen and oxygen atoms in total. The van der Waals surface area contributed by atoms with Gasteiger partial charge in [-0.15, -0.1) is 13.2 Å². The van der Waals surface area contributed by atoms with Crippen LogP contribution in [-0.4, -0.2) is 26.1 Å². The Morgan fingerprint density at radius 1 is 1.06 bits per heavy atom. The van der Waals surface area contributed by atoms with E-state index < -0.39 is 6.36 Å². The van der Waals surface area contributed by atoms with Crippen LogP contribution in [0.2, 0.25) is 0 Å². The van der Waals surface area contributed by atoms with Crippen LogP contribution in [0.3, 0.4) is 0 Å². The minimum Gasteiger partial charge on any atom is -0.314 e. The van der Waals surface area contributed by atoms with Crippen molar-refractivity contribution < 1.29 is 17.9 Å². The molecule has 0 rings (SSSR count). The van der Waals surface area contributed by atoms with Crippen molar-refractivity contribution in [3.63, 3.8) is 0 Å². The molecule has 0 aliphatic rings. The van der Waals surface area contributed by atoms with E-state index in [0.717, 1.165) is 6.54 Å². The summed E-state index contributed by atoms with van der Waals surface area (Å²) in [6.07, 6.45) is -4.52. The first kappa shape index (κ1) is 15.7. The first-order chi connectivity index (χ1) is 7.24. The number of ether oxygens (including phenoxy) is 1. The lowest BCUT2D eigenvalue weighted by Crippen LogP contribution is -2.32. The lowest BCUT2D eigenvalue weighted by molar-refractivity contribution is -0.323. The first-order valence-electron chi connectivity index (χ1n) is 5.65. The molecular weight excluding hydrogens is 219 g/mol. The van der Waals surface area contributed by atoms with Gasteiger partial charge in [-0.2, -0.15) is 0 Å². The third kappa shape index (κ3) is 7.93. The Morgan fingerprint density at radius 2 is 1.56 bits per heavy atom. The Kier molecular flexibility index (Phi) is 6.99. The van der Waals surface area contributed by atoms with Crippen LogP contribution in [0.25, 0.3) is 0 Å². The Bertz CT molecular complexity index is 173. The number of halogens is 3. The molecule has 16 heavy (non-hydrogen) atoms. The molecule has 0 aromatic rings. The maximum absolute atomic E-state index is 11.6. The average Bonchev–Trinajstić information content (AvgIpc) is 2.07. The lowest BCUT2D eigenvalue weighted by Gasteiger charge is -2.25. The summed E-state index contributed by atoms with van der Waals surface area (Å²) in [5, 5.41) is 3.00. The summed E-state index contributed by atoms with van der Waals surface area (Å²) in [5.74, 6) is 1.53. The van der Waals surface area contributed by atoms with E-state index in [1.54, 1.807) is 0 Å². The monoisotopic (exact) mass is 241 g/mol. The predicted octanol–water partition coefficient (Wildman–Crippen LogP) is 3.04. The van der Waals surface area contributed by atoms with Gasteiger partial charge in [-0.25, -0.2) is 0 Å². The Balaban J connectivity index is 3.64. The van der Waals surface area contributed by atoms with Crippen molar-refractivity contribution in [2.24, 2.45) is 17.8 Å². The molecule has 0 aliphatic carbocycles. The zero-order chi connectivity index (χ0) is 12.8. The minimum atomic E-state index is -4.52. The van der Waals surface area contributed by atoms with Gasteiger partial charge in [-0.3, -0.25) is 4.74 Å². The number of hydrogen-bond acceptors (Lipinski definition) is 2. The molecule has 5 heteroatoms. The largest absolute Gasteiger partial charge is 0.522 e. The van der Waals surface area contributed by atoms with Gasteiger partial charge in [0.2, 0.25) is 0 Å². The van der Waals surface area contributed by atoms with Crippen LogP contribution in [0.5, 0.6) is 0 Å². The molecule has 0 aromatic heterocycles. The summed E-state index contributed by atoms with van der Waals surface area (Å²) in [6, 6.07) is 0. The fourth-order valence-corrected chi connectivity index (χ4v) is 1.75. The van der Waals surface area contributed by atoms with E-state index in [-0.39, 0.29) is 13.2 Å². The molecule has 0 aliphatic heterocycles. The van der Waals surface area contributed by atoms with Crippen LogP contribution in [0.4, 0.5) is 13.2 Å². The van der Waals surface area contributed by atoms with Crippen molar-refractivity contribution in [2.75, 3.05) is 19.7 Å². The Morgan fingerprint density at radius 3 is 1.94 bits per heavy atom. The maximum Gasteiger partial charge on any atom is 0.522 e. The summed E-state index contributed by atoms with van der Waals surface area (Å²) >= 11 is 0. The number of hydrogen-bond donors (Lipinski definition) is 1. The van der Waals surface area contributed by atoms with Crippen molar-refractivity contribution in [2.45, 2.75) is 34.1 Å². The van der Waals surface area contributed by atoms with Crippen LogP contribution in [0, 0.1) is 17.8 Å². The van der Waals surface area contributed by atoms with Crippen LogP contribution < -0.4 is 5.32 Å². The molecule has 0 unspecified atom stereocenters. The van der Waals surface area contributed by atoms with Crippen molar-refractivity contribution in [3.05, 3.63) is 0 Å². The first-order valence-corrected chi connectivity index (χ1v) is 5.65. The molecule has 0 saturated carbocycles. The summed E-state index contributed by atoms with van der Waals surface area (Å²) in [6.45, 7) is 9.13. The smallest absolute Gasteiger partial charge is 0.314 e. The van der Waals surface area contributed by atoms with Crippen LogP contribution in [0.1, 0.15) is 27.7 Å². The van der Waals surface area contributed by atoms with Gasteiger partial charge in [0.1, 0.15) is 0 Å². The van der Waals surface area contributed by atoms with E-state index in [0.29, 0.717) is 17.8 Å². The van der Waals surface area contributed by atoms with Gasteiger partial charge in [0.25, 0.3) is 0 Å². The zero-order valence-corrected chi connectivity index (χ0v) is 10.4. The van der Waals surface area contributed by atoms with E-state index in [1.807, 2.05) is 0 Å². The highest BCUT2D eigenvalue weighted by Crippen LogP contribution is 2.19. The normalized spacial score (nSPS) is 13.1. The topological polar surface area (TPSA) is 21.3 Å². The van der Waals surface area contributed by atoms with Gasteiger partial charge in [0, 0.05) is 6.54 Å². The third-order valence-electron chi connectivity index (χ3n) is 2.64. The fourth-order valence-electron chi connectivity index (χ4n) is 1.75. The second-order valence-electron chi connectivity index (χ2n) is 4.65. The standard InChI is InChI=1S/C11H22F3NO/c1-8(2)10(9(3)4)7-15-5-6-16-11(12,13)14/h8-10,15H,5-7H2,1-4H3. The molecule has 0 fully saturated rings. The van der Waals surface area contributed by atoms with Crippen LogP contribution >= 0.6 is 0 Å². The molecule has 0 heterocycles. The van der Waals surface area contributed by atoms with Gasteiger partial charge in [-0.05, 0) is 24.3 Å². The van der Waals surface area contributed by atoms with Gasteiger partial charge in [-0.1, -0.05) is 27.7 Å². The van der Waals surface area contributed by atoms with Crippen molar-refractivity contribution in [3.8, 4) is 0 Å². The van der Waals surface area contributed by atoms with E-state index in [4.69, 9.17) is 0 Å². The number of rotatable bonds is 7.